The number of alkyl halides is 2. The van der Waals surface area contributed by atoms with Crippen LogP contribution in [-0.2, 0) is 11.2 Å². The summed E-state index contributed by atoms with van der Waals surface area (Å²) in [5.74, 6) is 0.0997. The molecule has 0 bridgehead atoms. The van der Waals surface area contributed by atoms with E-state index in [2.05, 4.69) is 10.1 Å². The Bertz CT molecular complexity index is 473. The Morgan fingerprint density at radius 1 is 1.33 bits per heavy atom. The highest BCUT2D eigenvalue weighted by Gasteiger charge is 2.34. The monoisotopic (exact) mass is 298 g/mol. The molecule has 6 heteroatoms. The summed E-state index contributed by atoms with van der Waals surface area (Å²) < 4.78 is 28.3. The van der Waals surface area contributed by atoms with Gasteiger partial charge in [0.25, 0.3) is 0 Å². The molecule has 0 spiro atoms. The number of nitrogens with two attached hydrogens (primary N) is 1. The van der Waals surface area contributed by atoms with Crippen molar-refractivity contribution in [3.63, 3.8) is 0 Å². The predicted octanol–water partition coefficient (Wildman–Crippen LogP) is 2.22. The zero-order valence-corrected chi connectivity index (χ0v) is 11.8. The van der Waals surface area contributed by atoms with Crippen LogP contribution in [0.4, 0.5) is 8.78 Å². The smallest absolute Gasteiger partial charge is 0.387 e. The SMILES string of the molecule is NC1(CC(=O)NCCc2ccc(OC(F)F)cc2)CCC1. The van der Waals surface area contributed by atoms with Crippen LogP contribution in [0.2, 0.25) is 0 Å². The highest BCUT2D eigenvalue weighted by Crippen LogP contribution is 2.31. The lowest BCUT2D eigenvalue weighted by molar-refractivity contribution is -0.122. The van der Waals surface area contributed by atoms with E-state index in [9.17, 15) is 13.6 Å². The Kier molecular flexibility index (Phi) is 5.12. The van der Waals surface area contributed by atoms with E-state index in [1.165, 1.54) is 12.1 Å². The molecular formula is C15H20F2N2O2. The Morgan fingerprint density at radius 2 is 2.00 bits per heavy atom. The van der Waals surface area contributed by atoms with Crippen molar-refractivity contribution in [2.75, 3.05) is 6.54 Å². The number of amides is 1. The topological polar surface area (TPSA) is 64.4 Å². The third-order valence-electron chi connectivity index (χ3n) is 3.75. The van der Waals surface area contributed by atoms with Gasteiger partial charge in [-0.2, -0.15) is 8.78 Å². The van der Waals surface area contributed by atoms with E-state index < -0.39 is 6.61 Å². The van der Waals surface area contributed by atoms with Crippen molar-refractivity contribution in [2.24, 2.45) is 5.73 Å². The van der Waals surface area contributed by atoms with E-state index in [0.717, 1.165) is 24.8 Å². The minimum absolute atomic E-state index is 0.0325. The van der Waals surface area contributed by atoms with Gasteiger partial charge >= 0.3 is 6.61 Å². The van der Waals surface area contributed by atoms with Crippen LogP contribution in [-0.4, -0.2) is 24.6 Å². The molecule has 116 valence electrons. The molecule has 3 N–H and O–H groups in total. The maximum Gasteiger partial charge on any atom is 0.387 e. The molecule has 1 aromatic rings. The summed E-state index contributed by atoms with van der Waals surface area (Å²) >= 11 is 0. The number of rotatable bonds is 7. The van der Waals surface area contributed by atoms with Crippen LogP contribution in [0.3, 0.4) is 0 Å². The van der Waals surface area contributed by atoms with Crippen LogP contribution in [0.1, 0.15) is 31.2 Å². The maximum atomic E-state index is 12.0. The van der Waals surface area contributed by atoms with E-state index in [0.29, 0.717) is 19.4 Å². The third kappa shape index (κ3) is 4.97. The molecule has 1 amide bonds. The minimum atomic E-state index is -2.81. The van der Waals surface area contributed by atoms with E-state index in [4.69, 9.17) is 5.73 Å². The van der Waals surface area contributed by atoms with Gasteiger partial charge in [0.15, 0.2) is 0 Å². The molecule has 4 nitrogen and oxygen atoms in total. The van der Waals surface area contributed by atoms with Gasteiger partial charge in [-0.05, 0) is 43.4 Å². The van der Waals surface area contributed by atoms with E-state index in [1.807, 2.05) is 0 Å². The largest absolute Gasteiger partial charge is 0.435 e. The summed E-state index contributed by atoms with van der Waals surface area (Å²) in [6.07, 6.45) is 3.92. The Labute approximate surface area is 122 Å². The third-order valence-corrected chi connectivity index (χ3v) is 3.75. The molecule has 1 aliphatic rings. The van der Waals surface area contributed by atoms with Crippen molar-refractivity contribution in [3.05, 3.63) is 29.8 Å². The Hall–Kier alpha value is -1.69. The number of benzene rings is 1. The molecule has 0 atom stereocenters. The second kappa shape index (κ2) is 6.85. The van der Waals surface area contributed by atoms with Crippen LogP contribution in [0.5, 0.6) is 5.75 Å². The molecule has 1 fully saturated rings. The number of carbonyl (C=O) groups excluding carboxylic acids is 1. The molecular weight excluding hydrogens is 278 g/mol. The summed E-state index contributed by atoms with van der Waals surface area (Å²) in [6.45, 7) is -2.31. The van der Waals surface area contributed by atoms with Crippen LogP contribution >= 0.6 is 0 Å². The molecule has 2 rings (SSSR count). The molecule has 1 saturated carbocycles. The minimum Gasteiger partial charge on any atom is -0.435 e. The number of nitrogens with one attached hydrogen (secondary N) is 1. The first-order chi connectivity index (χ1) is 9.97. The van der Waals surface area contributed by atoms with Gasteiger partial charge in [0, 0.05) is 18.5 Å². The lowest BCUT2D eigenvalue weighted by Crippen LogP contribution is -2.50. The lowest BCUT2D eigenvalue weighted by atomic mass is 9.75. The fourth-order valence-corrected chi connectivity index (χ4v) is 2.37. The first-order valence-electron chi connectivity index (χ1n) is 7.06. The van der Waals surface area contributed by atoms with Gasteiger partial charge in [-0.3, -0.25) is 4.79 Å². The highest BCUT2D eigenvalue weighted by molar-refractivity contribution is 5.77. The normalized spacial score (nSPS) is 16.4. The van der Waals surface area contributed by atoms with Gasteiger partial charge in [-0.25, -0.2) is 0 Å². The zero-order chi connectivity index (χ0) is 15.3. The fraction of sp³-hybridized carbons (Fsp3) is 0.533. The van der Waals surface area contributed by atoms with Crippen molar-refractivity contribution < 1.29 is 18.3 Å². The summed E-state index contributed by atoms with van der Waals surface area (Å²) in [5, 5.41) is 2.83. The van der Waals surface area contributed by atoms with Crippen molar-refractivity contribution >= 4 is 5.91 Å². The lowest BCUT2D eigenvalue weighted by Gasteiger charge is -2.37. The molecule has 21 heavy (non-hydrogen) atoms. The molecule has 0 radical (unpaired) electrons. The average molecular weight is 298 g/mol. The van der Waals surface area contributed by atoms with E-state index in [1.54, 1.807) is 12.1 Å². The molecule has 0 aromatic heterocycles. The van der Waals surface area contributed by atoms with Gasteiger partial charge in [0.2, 0.25) is 5.91 Å². The fourth-order valence-electron chi connectivity index (χ4n) is 2.37. The number of halogens is 2. The molecule has 0 heterocycles. The van der Waals surface area contributed by atoms with Crippen LogP contribution in [0.15, 0.2) is 24.3 Å². The number of ether oxygens (including phenoxy) is 1. The number of hydrogen-bond acceptors (Lipinski definition) is 3. The van der Waals surface area contributed by atoms with Crippen molar-refractivity contribution in [1.82, 2.24) is 5.32 Å². The number of carbonyl (C=O) groups is 1. The summed E-state index contributed by atoms with van der Waals surface area (Å²) in [5.41, 5.74) is 6.65. The van der Waals surface area contributed by atoms with Crippen LogP contribution in [0.25, 0.3) is 0 Å². The molecule has 1 aliphatic carbocycles. The Morgan fingerprint density at radius 3 is 2.52 bits per heavy atom. The molecule has 0 saturated heterocycles. The van der Waals surface area contributed by atoms with Gasteiger partial charge in [0.1, 0.15) is 5.75 Å². The first kappa shape index (κ1) is 15.7. The standard InChI is InChI=1S/C15H20F2N2O2/c16-14(17)21-12-4-2-11(3-5-12)6-9-19-13(20)10-15(18)7-1-8-15/h2-5,14H,1,6-10,18H2,(H,19,20). The van der Waals surface area contributed by atoms with Gasteiger partial charge < -0.3 is 15.8 Å². The second-order valence-electron chi connectivity index (χ2n) is 5.52. The quantitative estimate of drug-likeness (QED) is 0.811. The summed E-state index contributed by atoms with van der Waals surface area (Å²) in [6, 6.07) is 6.40. The number of hydrogen-bond donors (Lipinski definition) is 2. The molecule has 0 unspecified atom stereocenters. The summed E-state index contributed by atoms with van der Waals surface area (Å²) in [4.78, 5) is 11.7. The van der Waals surface area contributed by atoms with E-state index in [-0.39, 0.29) is 17.2 Å². The van der Waals surface area contributed by atoms with Gasteiger partial charge in [-0.15, -0.1) is 0 Å². The van der Waals surface area contributed by atoms with E-state index >= 15 is 0 Å². The molecule has 1 aromatic carbocycles. The van der Waals surface area contributed by atoms with Crippen molar-refractivity contribution in [1.29, 1.82) is 0 Å². The van der Waals surface area contributed by atoms with Crippen LogP contribution in [0, 0.1) is 0 Å². The Balaban J connectivity index is 1.69. The molecule has 0 aliphatic heterocycles. The second-order valence-corrected chi connectivity index (χ2v) is 5.52. The zero-order valence-electron chi connectivity index (χ0n) is 11.8. The van der Waals surface area contributed by atoms with Crippen molar-refractivity contribution in [2.45, 2.75) is 44.3 Å². The van der Waals surface area contributed by atoms with Gasteiger partial charge in [-0.1, -0.05) is 12.1 Å². The predicted molar refractivity (Wildman–Crippen MR) is 75.2 cm³/mol. The van der Waals surface area contributed by atoms with Crippen LogP contribution < -0.4 is 15.8 Å². The summed E-state index contributed by atoms with van der Waals surface area (Å²) in [7, 11) is 0. The average Bonchev–Trinajstić information content (AvgIpc) is 2.38. The maximum absolute atomic E-state index is 12.0. The first-order valence-corrected chi connectivity index (χ1v) is 7.06. The highest BCUT2D eigenvalue weighted by atomic mass is 19.3. The van der Waals surface area contributed by atoms with Crippen molar-refractivity contribution in [3.8, 4) is 5.75 Å². The van der Waals surface area contributed by atoms with Gasteiger partial charge in [0.05, 0.1) is 0 Å².